The first-order chi connectivity index (χ1) is 9.88. The normalized spacial score (nSPS) is 10.8. The Balaban J connectivity index is 1.64. The summed E-state index contributed by atoms with van der Waals surface area (Å²) in [6.07, 6.45) is 6.66. The van der Waals surface area contributed by atoms with E-state index in [0.29, 0.717) is 0 Å². The first kappa shape index (κ1) is 14.7. The average molecular weight is 272 g/mol. The molecule has 0 aliphatic carbocycles. The van der Waals surface area contributed by atoms with E-state index in [1.165, 1.54) is 12.0 Å². The van der Waals surface area contributed by atoms with Crippen LogP contribution in [0, 0.1) is 0 Å². The summed E-state index contributed by atoms with van der Waals surface area (Å²) in [5, 5.41) is 11.7. The third kappa shape index (κ3) is 5.13. The zero-order chi connectivity index (χ0) is 14.0. The second kappa shape index (κ2) is 8.48. The van der Waals surface area contributed by atoms with Gasteiger partial charge in [-0.1, -0.05) is 42.5 Å². The van der Waals surface area contributed by atoms with Crippen LogP contribution in [0.25, 0.3) is 0 Å². The molecule has 4 nitrogen and oxygen atoms in total. The number of aromatic nitrogens is 3. The van der Waals surface area contributed by atoms with Crippen molar-refractivity contribution >= 4 is 0 Å². The van der Waals surface area contributed by atoms with Crippen molar-refractivity contribution in [2.45, 2.75) is 45.7 Å². The maximum Gasteiger partial charge on any atom is 0.0964 e. The Hall–Kier alpha value is -1.68. The van der Waals surface area contributed by atoms with Gasteiger partial charge in [0.05, 0.1) is 5.69 Å². The Morgan fingerprint density at radius 1 is 1.15 bits per heavy atom. The van der Waals surface area contributed by atoms with Gasteiger partial charge in [-0.25, -0.2) is 0 Å². The fourth-order valence-corrected chi connectivity index (χ4v) is 2.17. The predicted molar refractivity (Wildman–Crippen MR) is 81.4 cm³/mol. The van der Waals surface area contributed by atoms with Crippen molar-refractivity contribution < 1.29 is 0 Å². The van der Waals surface area contributed by atoms with Crippen molar-refractivity contribution in [3.8, 4) is 0 Å². The second-order valence-corrected chi connectivity index (χ2v) is 5.09. The largest absolute Gasteiger partial charge is 0.311 e. The summed E-state index contributed by atoms with van der Waals surface area (Å²) in [6, 6.07) is 10.6. The smallest absolute Gasteiger partial charge is 0.0964 e. The lowest BCUT2D eigenvalue weighted by atomic mass is 10.1. The molecule has 1 aromatic heterocycles. The van der Waals surface area contributed by atoms with Crippen LogP contribution in [0.5, 0.6) is 0 Å². The van der Waals surface area contributed by atoms with E-state index in [0.717, 1.165) is 44.6 Å². The molecule has 0 spiro atoms. The topological polar surface area (TPSA) is 42.7 Å². The maximum atomic E-state index is 4.18. The van der Waals surface area contributed by atoms with Crippen LogP contribution in [0.3, 0.4) is 0 Å². The van der Waals surface area contributed by atoms with Gasteiger partial charge in [-0.3, -0.25) is 4.68 Å². The molecule has 20 heavy (non-hydrogen) atoms. The SMILES string of the molecule is CCCNCc1cn(CCCCc2ccccc2)nn1. The molecule has 0 atom stereocenters. The van der Waals surface area contributed by atoms with Gasteiger partial charge in [0.2, 0.25) is 0 Å². The van der Waals surface area contributed by atoms with Gasteiger partial charge in [0.25, 0.3) is 0 Å². The van der Waals surface area contributed by atoms with Crippen molar-refractivity contribution in [2.24, 2.45) is 0 Å². The van der Waals surface area contributed by atoms with Crippen LogP contribution < -0.4 is 5.32 Å². The summed E-state index contributed by atoms with van der Waals surface area (Å²) in [6.45, 7) is 4.96. The van der Waals surface area contributed by atoms with Crippen molar-refractivity contribution in [3.63, 3.8) is 0 Å². The first-order valence-electron chi connectivity index (χ1n) is 7.52. The van der Waals surface area contributed by atoms with Gasteiger partial charge < -0.3 is 5.32 Å². The van der Waals surface area contributed by atoms with E-state index in [1.54, 1.807) is 0 Å². The van der Waals surface area contributed by atoms with Crippen LogP contribution in [-0.4, -0.2) is 21.5 Å². The molecule has 0 aliphatic heterocycles. The summed E-state index contributed by atoms with van der Waals surface area (Å²) < 4.78 is 1.95. The van der Waals surface area contributed by atoms with Crippen molar-refractivity contribution in [1.29, 1.82) is 0 Å². The molecule has 1 aromatic carbocycles. The summed E-state index contributed by atoms with van der Waals surface area (Å²) >= 11 is 0. The number of nitrogens with one attached hydrogen (secondary N) is 1. The Morgan fingerprint density at radius 2 is 2.00 bits per heavy atom. The summed E-state index contributed by atoms with van der Waals surface area (Å²) in [5.74, 6) is 0. The van der Waals surface area contributed by atoms with Crippen molar-refractivity contribution in [3.05, 3.63) is 47.8 Å². The molecule has 2 aromatic rings. The summed E-state index contributed by atoms with van der Waals surface area (Å²) in [7, 11) is 0. The zero-order valence-electron chi connectivity index (χ0n) is 12.3. The van der Waals surface area contributed by atoms with E-state index < -0.39 is 0 Å². The van der Waals surface area contributed by atoms with Crippen molar-refractivity contribution in [1.82, 2.24) is 20.3 Å². The van der Waals surface area contributed by atoms with Gasteiger partial charge in [0, 0.05) is 19.3 Å². The van der Waals surface area contributed by atoms with Gasteiger partial charge in [0.1, 0.15) is 0 Å². The standard InChI is InChI=1S/C16H24N4/c1-2-11-17-13-16-14-20(19-18-16)12-7-6-10-15-8-4-3-5-9-15/h3-5,8-9,14,17H,2,6-7,10-13H2,1H3. The molecular formula is C16H24N4. The lowest BCUT2D eigenvalue weighted by molar-refractivity contribution is 0.541. The number of nitrogens with zero attached hydrogens (tertiary/aromatic N) is 3. The second-order valence-electron chi connectivity index (χ2n) is 5.09. The van der Waals surface area contributed by atoms with Crippen molar-refractivity contribution in [2.75, 3.05) is 6.54 Å². The molecule has 0 unspecified atom stereocenters. The highest BCUT2D eigenvalue weighted by Gasteiger charge is 2.00. The molecule has 0 saturated heterocycles. The molecule has 0 aliphatic rings. The third-order valence-electron chi connectivity index (χ3n) is 3.26. The molecule has 0 fully saturated rings. The van der Waals surface area contributed by atoms with Crippen LogP contribution in [0.4, 0.5) is 0 Å². The average Bonchev–Trinajstić information content (AvgIpc) is 2.93. The summed E-state index contributed by atoms with van der Waals surface area (Å²) in [4.78, 5) is 0. The Kier molecular flexibility index (Phi) is 6.24. The number of benzene rings is 1. The number of hydrogen-bond donors (Lipinski definition) is 1. The minimum Gasteiger partial charge on any atom is -0.311 e. The minimum atomic E-state index is 0.817. The van der Waals surface area contributed by atoms with Crippen LogP contribution in [0.15, 0.2) is 36.5 Å². The van der Waals surface area contributed by atoms with E-state index in [9.17, 15) is 0 Å². The molecule has 0 saturated carbocycles. The van der Waals surface area contributed by atoms with E-state index >= 15 is 0 Å². The molecular weight excluding hydrogens is 248 g/mol. The summed E-state index contributed by atoms with van der Waals surface area (Å²) in [5.41, 5.74) is 2.44. The molecule has 0 bridgehead atoms. The fourth-order valence-electron chi connectivity index (χ4n) is 2.17. The monoisotopic (exact) mass is 272 g/mol. The van der Waals surface area contributed by atoms with Gasteiger partial charge in [0.15, 0.2) is 0 Å². The molecule has 108 valence electrons. The van der Waals surface area contributed by atoms with E-state index in [-0.39, 0.29) is 0 Å². The minimum absolute atomic E-state index is 0.817. The highest BCUT2D eigenvalue weighted by Crippen LogP contribution is 2.05. The lowest BCUT2D eigenvalue weighted by Crippen LogP contribution is -2.13. The van der Waals surface area contributed by atoms with Gasteiger partial charge in [-0.05, 0) is 37.8 Å². The number of unbranched alkanes of at least 4 members (excludes halogenated alkanes) is 1. The van der Waals surface area contributed by atoms with Crippen LogP contribution in [0.1, 0.15) is 37.4 Å². The predicted octanol–water partition coefficient (Wildman–Crippen LogP) is 2.80. The lowest BCUT2D eigenvalue weighted by Gasteiger charge is -2.01. The molecule has 1 heterocycles. The first-order valence-corrected chi connectivity index (χ1v) is 7.52. The maximum absolute atomic E-state index is 4.18. The van der Waals surface area contributed by atoms with Crippen LogP contribution >= 0.6 is 0 Å². The zero-order valence-corrected chi connectivity index (χ0v) is 12.3. The van der Waals surface area contributed by atoms with Crippen LogP contribution in [0.2, 0.25) is 0 Å². The highest BCUT2D eigenvalue weighted by molar-refractivity contribution is 5.14. The van der Waals surface area contributed by atoms with Gasteiger partial charge in [-0.2, -0.15) is 0 Å². The van der Waals surface area contributed by atoms with Crippen LogP contribution in [-0.2, 0) is 19.5 Å². The molecule has 4 heteroatoms. The molecule has 2 rings (SSSR count). The van der Waals surface area contributed by atoms with E-state index in [1.807, 2.05) is 10.9 Å². The van der Waals surface area contributed by atoms with Gasteiger partial charge in [-0.15, -0.1) is 5.10 Å². The number of rotatable bonds is 9. The van der Waals surface area contributed by atoms with E-state index in [4.69, 9.17) is 0 Å². The number of hydrogen-bond acceptors (Lipinski definition) is 3. The Bertz CT molecular complexity index is 478. The molecule has 0 radical (unpaired) electrons. The quantitative estimate of drug-likeness (QED) is 0.714. The Morgan fingerprint density at radius 3 is 2.80 bits per heavy atom. The third-order valence-corrected chi connectivity index (χ3v) is 3.26. The fraction of sp³-hybridized carbons (Fsp3) is 0.500. The molecule has 0 amide bonds. The highest BCUT2D eigenvalue weighted by atomic mass is 15.4. The number of aryl methyl sites for hydroxylation is 2. The Labute approximate surface area is 121 Å². The van der Waals surface area contributed by atoms with E-state index in [2.05, 4.69) is 52.9 Å². The molecule has 1 N–H and O–H groups in total. The van der Waals surface area contributed by atoms with Gasteiger partial charge >= 0.3 is 0 Å².